The van der Waals surface area contributed by atoms with Gasteiger partial charge in [-0.3, -0.25) is 14.6 Å². The molecule has 21 heavy (non-hydrogen) atoms. The molecule has 0 unspecified atom stereocenters. The van der Waals surface area contributed by atoms with Gasteiger partial charge >= 0.3 is 0 Å². The smallest absolute Gasteiger partial charge is 0.238 e. The maximum absolute atomic E-state index is 12.0. The highest BCUT2D eigenvalue weighted by atomic mass is 16.6. The first-order valence-corrected chi connectivity index (χ1v) is 7.25. The van der Waals surface area contributed by atoms with E-state index in [1.165, 1.54) is 0 Å². The number of rotatable bonds is 2. The van der Waals surface area contributed by atoms with E-state index in [-0.39, 0.29) is 11.9 Å². The molecule has 1 N–H and O–H groups in total. The normalized spacial score (nSPS) is 24.0. The summed E-state index contributed by atoms with van der Waals surface area (Å²) in [6.07, 6.45) is 0. The molecule has 0 saturated carbocycles. The Labute approximate surface area is 121 Å². The molecule has 7 heteroatoms. The zero-order valence-corrected chi connectivity index (χ0v) is 11.7. The van der Waals surface area contributed by atoms with Crippen molar-refractivity contribution < 1.29 is 9.42 Å². The van der Waals surface area contributed by atoms with E-state index in [9.17, 15) is 4.79 Å². The van der Waals surface area contributed by atoms with Crippen LogP contribution in [-0.2, 0) is 11.3 Å². The molecule has 0 spiro atoms. The van der Waals surface area contributed by atoms with Gasteiger partial charge in [-0.2, -0.15) is 0 Å². The van der Waals surface area contributed by atoms with E-state index in [0.29, 0.717) is 0 Å². The molecular weight excluding hydrogens is 270 g/mol. The molecule has 0 radical (unpaired) electrons. The van der Waals surface area contributed by atoms with Crippen molar-refractivity contribution in [1.29, 1.82) is 0 Å². The third-order valence-corrected chi connectivity index (χ3v) is 4.34. The maximum Gasteiger partial charge on any atom is 0.238 e. The number of hydrogen-bond acceptors (Lipinski definition) is 6. The molecule has 4 rings (SSSR count). The summed E-state index contributed by atoms with van der Waals surface area (Å²) < 4.78 is 4.81. The van der Waals surface area contributed by atoms with Gasteiger partial charge in [-0.05, 0) is 21.9 Å². The molecule has 2 aromatic rings. The molecule has 1 aromatic heterocycles. The third-order valence-electron chi connectivity index (χ3n) is 4.34. The molecule has 1 aromatic carbocycles. The number of carbonyl (C=O) groups excluding carboxylic acids is 1. The average Bonchev–Trinajstić information content (AvgIpc) is 2.98. The van der Waals surface area contributed by atoms with Crippen molar-refractivity contribution in [2.45, 2.75) is 12.6 Å². The van der Waals surface area contributed by atoms with Crippen molar-refractivity contribution in [2.24, 2.45) is 0 Å². The zero-order valence-electron chi connectivity index (χ0n) is 11.7. The Morgan fingerprint density at radius 1 is 1.29 bits per heavy atom. The second-order valence-electron chi connectivity index (χ2n) is 5.63. The van der Waals surface area contributed by atoms with Gasteiger partial charge in [0.15, 0.2) is 0 Å². The van der Waals surface area contributed by atoms with Crippen LogP contribution >= 0.6 is 0 Å². The predicted molar refractivity (Wildman–Crippen MR) is 75.5 cm³/mol. The highest BCUT2D eigenvalue weighted by Crippen LogP contribution is 2.19. The van der Waals surface area contributed by atoms with Gasteiger partial charge in [-0.25, -0.2) is 4.63 Å². The summed E-state index contributed by atoms with van der Waals surface area (Å²) in [5.41, 5.74) is 2.69. The number of aromatic nitrogens is 2. The van der Waals surface area contributed by atoms with Gasteiger partial charge in [0, 0.05) is 39.3 Å². The van der Waals surface area contributed by atoms with Gasteiger partial charge < -0.3 is 5.32 Å². The monoisotopic (exact) mass is 287 g/mol. The molecule has 2 aliphatic heterocycles. The average molecular weight is 287 g/mol. The standard InChI is InChI=1S/C14H17N5O2/c20-14-12-9-18(6-7-19(12)5-4-15-14)8-10-2-1-3-11-13(10)17-21-16-11/h1-3,12H,4-9H2,(H,15,20)/t12-/m1/s1. The van der Waals surface area contributed by atoms with Gasteiger partial charge in [-0.15, -0.1) is 0 Å². The summed E-state index contributed by atoms with van der Waals surface area (Å²) in [5, 5.41) is 10.8. The van der Waals surface area contributed by atoms with Gasteiger partial charge in [-0.1, -0.05) is 12.1 Å². The third kappa shape index (κ3) is 2.28. The van der Waals surface area contributed by atoms with Crippen molar-refractivity contribution in [3.63, 3.8) is 0 Å². The summed E-state index contributed by atoms with van der Waals surface area (Å²) in [5.74, 6) is 0.146. The minimum atomic E-state index is -0.0258. The summed E-state index contributed by atoms with van der Waals surface area (Å²) >= 11 is 0. The highest BCUT2D eigenvalue weighted by molar-refractivity contribution is 5.83. The van der Waals surface area contributed by atoms with Gasteiger partial charge in [0.25, 0.3) is 0 Å². The van der Waals surface area contributed by atoms with Gasteiger partial charge in [0.1, 0.15) is 17.1 Å². The Kier molecular flexibility index (Phi) is 3.08. The lowest BCUT2D eigenvalue weighted by Crippen LogP contribution is -2.63. The van der Waals surface area contributed by atoms with E-state index in [1.807, 2.05) is 18.2 Å². The van der Waals surface area contributed by atoms with Crippen LogP contribution in [-0.4, -0.2) is 64.8 Å². The van der Waals surface area contributed by atoms with Crippen molar-refractivity contribution in [1.82, 2.24) is 25.4 Å². The van der Waals surface area contributed by atoms with E-state index in [1.54, 1.807) is 0 Å². The van der Waals surface area contributed by atoms with Crippen LogP contribution in [0.25, 0.3) is 11.0 Å². The first-order valence-electron chi connectivity index (χ1n) is 7.25. The molecule has 7 nitrogen and oxygen atoms in total. The summed E-state index contributed by atoms with van der Waals surface area (Å²) in [4.78, 5) is 16.6. The van der Waals surface area contributed by atoms with E-state index in [0.717, 1.165) is 55.9 Å². The number of nitrogens with one attached hydrogen (secondary N) is 1. The van der Waals surface area contributed by atoms with E-state index in [2.05, 4.69) is 25.4 Å². The molecular formula is C14H17N5O2. The summed E-state index contributed by atoms with van der Waals surface area (Å²) in [6, 6.07) is 5.87. The SMILES string of the molecule is O=C1NCCN2CCN(Cc3cccc4nonc34)C[C@H]12. The van der Waals surface area contributed by atoms with Crippen LogP contribution in [0.1, 0.15) is 5.56 Å². The summed E-state index contributed by atoms with van der Waals surface area (Å²) in [7, 11) is 0. The molecule has 2 fully saturated rings. The van der Waals surface area contributed by atoms with E-state index >= 15 is 0 Å². The van der Waals surface area contributed by atoms with Crippen LogP contribution in [0.3, 0.4) is 0 Å². The Hall–Kier alpha value is -1.99. The van der Waals surface area contributed by atoms with Crippen LogP contribution in [0, 0.1) is 0 Å². The number of fused-ring (bicyclic) bond motifs is 2. The minimum absolute atomic E-state index is 0.0258. The number of amides is 1. The molecule has 1 atom stereocenters. The number of piperazine rings is 2. The topological polar surface area (TPSA) is 74.5 Å². The second kappa shape index (κ2) is 5.09. The maximum atomic E-state index is 12.0. The molecule has 0 bridgehead atoms. The Morgan fingerprint density at radius 2 is 2.24 bits per heavy atom. The largest absolute Gasteiger partial charge is 0.353 e. The lowest BCUT2D eigenvalue weighted by molar-refractivity contribution is -0.131. The van der Waals surface area contributed by atoms with Crippen molar-refractivity contribution in [3.8, 4) is 0 Å². The van der Waals surface area contributed by atoms with Crippen LogP contribution in [0.5, 0.6) is 0 Å². The highest BCUT2D eigenvalue weighted by Gasteiger charge is 2.34. The number of carbonyl (C=O) groups is 1. The van der Waals surface area contributed by atoms with Crippen LogP contribution < -0.4 is 5.32 Å². The van der Waals surface area contributed by atoms with E-state index < -0.39 is 0 Å². The fraction of sp³-hybridized carbons (Fsp3) is 0.500. The quantitative estimate of drug-likeness (QED) is 0.827. The summed E-state index contributed by atoms with van der Waals surface area (Å²) in [6.45, 7) is 5.14. The Morgan fingerprint density at radius 3 is 3.19 bits per heavy atom. The van der Waals surface area contributed by atoms with Crippen molar-refractivity contribution in [3.05, 3.63) is 23.8 Å². The van der Waals surface area contributed by atoms with Crippen molar-refractivity contribution in [2.75, 3.05) is 32.7 Å². The Balaban J connectivity index is 1.52. The fourth-order valence-electron chi connectivity index (χ4n) is 3.21. The zero-order chi connectivity index (χ0) is 14.2. The molecule has 2 aliphatic rings. The van der Waals surface area contributed by atoms with E-state index in [4.69, 9.17) is 4.63 Å². The van der Waals surface area contributed by atoms with Gasteiger partial charge in [0.2, 0.25) is 5.91 Å². The second-order valence-corrected chi connectivity index (χ2v) is 5.63. The van der Waals surface area contributed by atoms with Crippen LogP contribution in [0.4, 0.5) is 0 Å². The minimum Gasteiger partial charge on any atom is -0.353 e. The van der Waals surface area contributed by atoms with Crippen molar-refractivity contribution >= 4 is 16.9 Å². The number of nitrogens with zero attached hydrogens (tertiary/aromatic N) is 4. The lowest BCUT2D eigenvalue weighted by atomic mass is 10.1. The lowest BCUT2D eigenvalue weighted by Gasteiger charge is -2.43. The molecule has 0 aliphatic carbocycles. The van der Waals surface area contributed by atoms with Gasteiger partial charge in [0.05, 0.1) is 0 Å². The number of benzene rings is 1. The fourth-order valence-corrected chi connectivity index (χ4v) is 3.21. The first-order chi connectivity index (χ1) is 10.3. The predicted octanol–water partition coefficient (Wildman–Crippen LogP) is -0.161. The van der Waals surface area contributed by atoms with Crippen LogP contribution in [0.15, 0.2) is 22.8 Å². The van der Waals surface area contributed by atoms with Crippen LogP contribution in [0.2, 0.25) is 0 Å². The molecule has 110 valence electrons. The number of hydrogen-bond donors (Lipinski definition) is 1. The Bertz CT molecular complexity index is 670. The molecule has 2 saturated heterocycles. The molecule has 1 amide bonds. The molecule has 3 heterocycles. The first kappa shape index (κ1) is 12.7.